The second-order valence-electron chi connectivity index (χ2n) is 12.9. The first-order valence-corrected chi connectivity index (χ1v) is 18.8. The molecule has 0 bridgehead atoms. The zero-order chi connectivity index (χ0) is 39.6. The van der Waals surface area contributed by atoms with Crippen LogP contribution in [0.3, 0.4) is 0 Å². The first-order valence-electron chi connectivity index (χ1n) is 17.3. The van der Waals surface area contributed by atoms with E-state index >= 15 is 0 Å². The fraction of sp³-hybridized carbons (Fsp3) is 0.308. The number of carbonyl (C=O) groups is 3. The van der Waals surface area contributed by atoms with Crippen LogP contribution < -0.4 is 24.6 Å². The van der Waals surface area contributed by atoms with Gasteiger partial charge in [-0.2, -0.15) is 40.1 Å². The van der Waals surface area contributed by atoms with E-state index in [0.717, 1.165) is 66.0 Å². The van der Waals surface area contributed by atoms with Crippen LogP contribution >= 0.6 is 27.0 Å². The molecule has 0 spiro atoms. The normalized spacial score (nSPS) is 12.0. The number of amides is 4. The van der Waals surface area contributed by atoms with Crippen molar-refractivity contribution in [2.24, 2.45) is 0 Å². The molecular weight excluding hydrogens is 791 g/mol. The number of urea groups is 1. The molecule has 4 aromatic carbocycles. The van der Waals surface area contributed by atoms with E-state index in [0.29, 0.717) is 23.5 Å². The smallest absolute Gasteiger partial charge is 0.325 e. The Hall–Kier alpha value is -4.58. The summed E-state index contributed by atoms with van der Waals surface area (Å²) in [5.41, 5.74) is 2.83. The maximum atomic E-state index is 14.1. The van der Waals surface area contributed by atoms with Crippen molar-refractivity contribution in [2.45, 2.75) is 64.5 Å². The molecule has 0 aliphatic carbocycles. The van der Waals surface area contributed by atoms with E-state index in [1.807, 2.05) is 38.1 Å². The van der Waals surface area contributed by atoms with Crippen molar-refractivity contribution in [3.05, 3.63) is 130 Å². The van der Waals surface area contributed by atoms with E-state index in [9.17, 15) is 40.4 Å². The van der Waals surface area contributed by atoms with Crippen molar-refractivity contribution < 1.29 is 40.4 Å². The fourth-order valence-corrected chi connectivity index (χ4v) is 6.83. The van der Waals surface area contributed by atoms with Gasteiger partial charge in [0.05, 0.1) is 0 Å². The molecule has 3 N–H and O–H groups in total. The van der Waals surface area contributed by atoms with Gasteiger partial charge in [0.1, 0.15) is 35.4 Å². The highest BCUT2D eigenvalue weighted by Crippen LogP contribution is 2.20. The summed E-state index contributed by atoms with van der Waals surface area (Å²) >= 11 is 0. The highest BCUT2D eigenvalue weighted by Gasteiger charge is 2.31. The molecule has 0 saturated heterocycles. The highest BCUT2D eigenvalue weighted by molar-refractivity contribution is 7.88. The first kappa shape index (κ1) is 47.6. The van der Waals surface area contributed by atoms with Crippen LogP contribution in [-0.2, 0) is 45.5 Å². The largest absolute Gasteiger partial charge is 0.330 e. The van der Waals surface area contributed by atoms with Gasteiger partial charge in [-0.25, -0.2) is 27.1 Å². The number of likely N-dealkylation sites (N-methyl/N-ethyl adjacent to an activating group) is 2. The van der Waals surface area contributed by atoms with Gasteiger partial charge in [-0.1, -0.05) is 51.0 Å². The summed E-state index contributed by atoms with van der Waals surface area (Å²) in [5, 5.41) is 2.27. The maximum absolute atomic E-state index is 14.1. The highest BCUT2D eigenvalue weighted by atomic mass is 32.2. The van der Waals surface area contributed by atoms with Crippen LogP contribution in [0, 0.1) is 23.3 Å². The van der Waals surface area contributed by atoms with Crippen LogP contribution in [-0.4, -0.2) is 52.4 Å². The minimum atomic E-state index is -4.93. The molecule has 0 radical (unpaired) electrons. The number of hydrogen-bond acceptors (Lipinski definition) is 5. The Morgan fingerprint density at radius 2 is 0.946 bits per heavy atom. The monoisotopic (exact) mass is 837 g/mol. The van der Waals surface area contributed by atoms with E-state index in [2.05, 4.69) is 10.0 Å². The molecule has 4 rings (SSSR count). The zero-order valence-electron chi connectivity index (χ0n) is 31.3. The first-order chi connectivity index (χ1) is 25.6. The number of halogens is 4. The molecule has 304 valence electrons. The van der Waals surface area contributed by atoms with Crippen LogP contribution in [0.5, 0.6) is 0 Å². The Morgan fingerprint density at radius 1 is 0.589 bits per heavy atom. The summed E-state index contributed by atoms with van der Waals surface area (Å²) in [6.07, 6.45) is 2.46. The molecule has 0 unspecified atom stereocenters. The van der Waals surface area contributed by atoms with Gasteiger partial charge in [-0.05, 0) is 90.0 Å². The van der Waals surface area contributed by atoms with Gasteiger partial charge < -0.3 is 15.1 Å². The van der Waals surface area contributed by atoms with Gasteiger partial charge in [0, 0.05) is 44.0 Å². The maximum Gasteiger partial charge on any atom is 0.330 e. The van der Waals surface area contributed by atoms with Crippen molar-refractivity contribution in [3.8, 4) is 0 Å². The summed E-state index contributed by atoms with van der Waals surface area (Å²) in [6.45, 7) is 4.03. The average Bonchev–Trinajstić information content (AvgIpc) is 3.09. The lowest BCUT2D eigenvalue weighted by Crippen LogP contribution is -2.57. The fourth-order valence-electron chi connectivity index (χ4n) is 5.91. The third-order valence-electron chi connectivity index (χ3n) is 8.54. The number of anilines is 2. The third kappa shape index (κ3) is 13.9. The van der Waals surface area contributed by atoms with Crippen LogP contribution in [0.25, 0.3) is 0 Å². The molecular formula is C39H47F4N5O5S3. The van der Waals surface area contributed by atoms with E-state index in [1.165, 1.54) is 19.0 Å². The van der Waals surface area contributed by atoms with Crippen molar-refractivity contribution in [1.29, 1.82) is 0 Å². The topological polar surface area (TPSA) is 128 Å². The molecule has 10 nitrogen and oxygen atoms in total. The molecule has 4 amide bonds. The summed E-state index contributed by atoms with van der Waals surface area (Å²) in [4.78, 5) is 43.1. The van der Waals surface area contributed by atoms with Crippen molar-refractivity contribution >= 4 is 66.4 Å². The van der Waals surface area contributed by atoms with Gasteiger partial charge in [0.15, 0.2) is 0 Å². The molecule has 17 heteroatoms. The Labute approximate surface area is 339 Å². The molecule has 0 heterocycles. The molecule has 0 aliphatic rings. The van der Waals surface area contributed by atoms with E-state index in [4.69, 9.17) is 0 Å². The van der Waals surface area contributed by atoms with Crippen LogP contribution in [0.2, 0.25) is 0 Å². The standard InChI is InChI=1S/C39H43F4N5O5S.2H2S/c1-5-7-25-9-13-33(14-10-25)47(3)37(49)35(21-27-17-29(40)23-30(41)18-27)44-39(51)46-54(52,53)45-36(22-28-19-31(42)24-32(43)20-28)38(50)48(4)34-15-11-26(8-6-2)12-16-34;;/h9-20,23-24,35-36,45H,5-8,21-22H2,1-4H3,(H2,44,46,51);2*1H2/t35-,36-;;/m0../s1. The lowest BCUT2D eigenvalue weighted by atomic mass is 10.0. The molecule has 4 aromatic rings. The Bertz CT molecular complexity index is 2020. The average molecular weight is 838 g/mol. The molecule has 0 aliphatic heterocycles. The quantitative estimate of drug-likeness (QED) is 0.113. The Kier molecular flexibility index (Phi) is 18.4. The van der Waals surface area contributed by atoms with Gasteiger partial charge in [0.2, 0.25) is 11.8 Å². The van der Waals surface area contributed by atoms with Crippen molar-refractivity contribution in [3.63, 3.8) is 0 Å². The molecule has 0 fully saturated rings. The lowest BCUT2D eigenvalue weighted by Gasteiger charge is -2.26. The SMILES string of the molecule is CCCc1ccc(N(C)C(=O)[C@H](Cc2cc(F)cc(F)c2)NC(=O)NS(=O)(=O)N[C@@H](Cc2cc(F)cc(F)c2)C(=O)N(C)c2ccc(CCC)cc2)cc1.S.S. The Morgan fingerprint density at radius 3 is 1.32 bits per heavy atom. The summed E-state index contributed by atoms with van der Waals surface area (Å²) < 4.78 is 87.0. The minimum Gasteiger partial charge on any atom is -0.325 e. The van der Waals surface area contributed by atoms with Crippen LogP contribution in [0.1, 0.15) is 48.9 Å². The van der Waals surface area contributed by atoms with Gasteiger partial charge in [-0.15, -0.1) is 0 Å². The number of nitrogens with one attached hydrogen (secondary N) is 3. The van der Waals surface area contributed by atoms with Gasteiger partial charge >= 0.3 is 16.2 Å². The summed E-state index contributed by atoms with van der Waals surface area (Å²) in [6, 6.07) is 14.5. The number of benzene rings is 4. The predicted octanol–water partition coefficient (Wildman–Crippen LogP) is 6.36. The number of nitrogens with zero attached hydrogens (tertiary/aromatic N) is 2. The van der Waals surface area contributed by atoms with Crippen molar-refractivity contribution in [1.82, 2.24) is 14.8 Å². The summed E-state index contributed by atoms with van der Waals surface area (Å²) in [7, 11) is -2.11. The van der Waals surface area contributed by atoms with Gasteiger partial charge in [0.25, 0.3) is 0 Å². The third-order valence-corrected chi connectivity index (χ3v) is 9.59. The molecule has 2 atom stereocenters. The Balaban J connectivity index is 0.00000541. The minimum absolute atomic E-state index is 0. The number of hydrogen-bond donors (Lipinski definition) is 3. The molecule has 0 aromatic heterocycles. The van der Waals surface area contributed by atoms with Crippen molar-refractivity contribution in [2.75, 3.05) is 23.9 Å². The van der Waals surface area contributed by atoms with E-state index < -0.39 is 76.2 Å². The number of aryl methyl sites for hydroxylation is 2. The molecule has 56 heavy (non-hydrogen) atoms. The summed E-state index contributed by atoms with van der Waals surface area (Å²) in [5.74, 6) is -5.32. The van der Waals surface area contributed by atoms with E-state index in [-0.39, 0.29) is 38.1 Å². The predicted molar refractivity (Wildman–Crippen MR) is 220 cm³/mol. The zero-order valence-corrected chi connectivity index (χ0v) is 34.2. The lowest BCUT2D eigenvalue weighted by molar-refractivity contribution is -0.120. The second-order valence-corrected chi connectivity index (χ2v) is 14.3. The van der Waals surface area contributed by atoms with Crippen LogP contribution in [0.4, 0.5) is 33.7 Å². The molecule has 0 saturated carbocycles. The second kappa shape index (κ2) is 21.6. The van der Waals surface area contributed by atoms with Gasteiger partial charge in [-0.3, -0.25) is 9.59 Å². The number of rotatable bonds is 16. The van der Waals surface area contributed by atoms with Crippen LogP contribution in [0.15, 0.2) is 84.9 Å². The number of carbonyl (C=O) groups excluding carboxylic acids is 3. The van der Waals surface area contributed by atoms with E-state index in [1.54, 1.807) is 29.0 Å².